The van der Waals surface area contributed by atoms with Crippen LogP contribution in [-0.4, -0.2) is 34.0 Å². The number of β-amino-alcohol motifs (C(OH)–C–C–N with tert-alkyl or cyclic N) is 1. The van der Waals surface area contributed by atoms with Gasteiger partial charge in [-0.2, -0.15) is 5.10 Å². The Kier molecular flexibility index (Phi) is 2.48. The lowest BCUT2D eigenvalue weighted by Gasteiger charge is -2.46. The molecule has 0 unspecified atom stereocenters. The highest BCUT2D eigenvalue weighted by Crippen LogP contribution is 2.33. The highest BCUT2D eigenvalue weighted by Gasteiger charge is 2.40. The van der Waals surface area contributed by atoms with E-state index < -0.39 is 5.60 Å². The van der Waals surface area contributed by atoms with Gasteiger partial charge in [-0.15, -0.1) is 5.10 Å². The SMILES string of the molecule is CCC1(O)CN(c2nnc(C)c3ccccc23)C1. The summed E-state index contributed by atoms with van der Waals surface area (Å²) in [5.41, 5.74) is 0.397. The number of fused-ring (bicyclic) bond motifs is 1. The van der Waals surface area contributed by atoms with Gasteiger partial charge in [-0.1, -0.05) is 31.2 Å². The third kappa shape index (κ3) is 1.64. The second-order valence-corrected chi connectivity index (χ2v) is 5.09. The van der Waals surface area contributed by atoms with Crippen LogP contribution in [0.15, 0.2) is 24.3 Å². The fraction of sp³-hybridized carbons (Fsp3) is 0.429. The molecule has 0 saturated carbocycles. The van der Waals surface area contributed by atoms with E-state index in [0.29, 0.717) is 13.1 Å². The lowest BCUT2D eigenvalue weighted by molar-refractivity contribution is 0.00815. The number of rotatable bonds is 2. The Hall–Kier alpha value is -1.68. The van der Waals surface area contributed by atoms with Crippen molar-refractivity contribution in [1.29, 1.82) is 0 Å². The summed E-state index contributed by atoms with van der Waals surface area (Å²) in [7, 11) is 0. The Morgan fingerprint density at radius 2 is 1.89 bits per heavy atom. The highest BCUT2D eigenvalue weighted by molar-refractivity contribution is 5.93. The second-order valence-electron chi connectivity index (χ2n) is 5.09. The highest BCUT2D eigenvalue weighted by atomic mass is 16.3. The summed E-state index contributed by atoms with van der Waals surface area (Å²) in [6.07, 6.45) is 0.778. The molecule has 1 aromatic carbocycles. The Morgan fingerprint density at radius 1 is 1.22 bits per heavy atom. The Morgan fingerprint density at radius 3 is 2.56 bits per heavy atom. The van der Waals surface area contributed by atoms with E-state index in [4.69, 9.17) is 0 Å². The summed E-state index contributed by atoms with van der Waals surface area (Å²) >= 11 is 0. The van der Waals surface area contributed by atoms with Gasteiger partial charge in [0.1, 0.15) is 0 Å². The zero-order chi connectivity index (χ0) is 12.8. The van der Waals surface area contributed by atoms with Gasteiger partial charge in [0, 0.05) is 10.8 Å². The lowest BCUT2D eigenvalue weighted by Crippen LogP contribution is -2.62. The number of aliphatic hydroxyl groups is 1. The maximum Gasteiger partial charge on any atom is 0.159 e. The first-order valence-electron chi connectivity index (χ1n) is 6.32. The fourth-order valence-electron chi connectivity index (χ4n) is 2.49. The van der Waals surface area contributed by atoms with Gasteiger partial charge in [0.25, 0.3) is 0 Å². The van der Waals surface area contributed by atoms with Gasteiger partial charge in [-0.05, 0) is 13.3 Å². The average Bonchev–Trinajstić information content (AvgIpc) is 2.36. The molecule has 0 atom stereocenters. The predicted molar refractivity (Wildman–Crippen MR) is 71.7 cm³/mol. The molecule has 94 valence electrons. The third-order valence-corrected chi connectivity index (χ3v) is 3.78. The molecule has 0 bridgehead atoms. The predicted octanol–water partition coefficient (Wildman–Crippen LogP) is 1.90. The van der Waals surface area contributed by atoms with Crippen molar-refractivity contribution in [3.05, 3.63) is 30.0 Å². The molecule has 1 aromatic heterocycles. The van der Waals surface area contributed by atoms with E-state index >= 15 is 0 Å². The molecule has 0 radical (unpaired) electrons. The average molecular weight is 243 g/mol. The molecule has 18 heavy (non-hydrogen) atoms. The fourth-order valence-corrected chi connectivity index (χ4v) is 2.49. The van der Waals surface area contributed by atoms with Crippen LogP contribution in [0, 0.1) is 6.92 Å². The standard InChI is InChI=1S/C14H17N3O/c1-3-14(18)8-17(9-14)13-12-7-5-4-6-11(12)10(2)15-16-13/h4-7,18H,3,8-9H2,1-2H3. The van der Waals surface area contributed by atoms with E-state index in [1.807, 2.05) is 26.0 Å². The molecular weight excluding hydrogens is 226 g/mol. The quantitative estimate of drug-likeness (QED) is 0.875. The molecule has 4 heteroatoms. The zero-order valence-electron chi connectivity index (χ0n) is 10.7. The molecule has 2 aromatic rings. The van der Waals surface area contributed by atoms with Crippen LogP contribution in [0.1, 0.15) is 19.0 Å². The molecule has 1 N–H and O–H groups in total. The summed E-state index contributed by atoms with van der Waals surface area (Å²) in [6, 6.07) is 8.16. The van der Waals surface area contributed by atoms with Crippen LogP contribution in [0.25, 0.3) is 10.8 Å². The summed E-state index contributed by atoms with van der Waals surface area (Å²) in [6.45, 7) is 5.27. The molecule has 4 nitrogen and oxygen atoms in total. The van der Waals surface area contributed by atoms with Gasteiger partial charge in [0.15, 0.2) is 5.82 Å². The molecule has 3 rings (SSSR count). The first-order chi connectivity index (χ1) is 8.63. The number of aryl methyl sites for hydroxylation is 1. The Balaban J connectivity index is 2.02. The number of aromatic nitrogens is 2. The van der Waals surface area contributed by atoms with Crippen LogP contribution >= 0.6 is 0 Å². The maximum atomic E-state index is 10.1. The largest absolute Gasteiger partial charge is 0.386 e. The van der Waals surface area contributed by atoms with Crippen LogP contribution in [0.2, 0.25) is 0 Å². The van der Waals surface area contributed by atoms with E-state index in [1.165, 1.54) is 0 Å². The van der Waals surface area contributed by atoms with Gasteiger partial charge in [0.2, 0.25) is 0 Å². The number of nitrogens with zero attached hydrogens (tertiary/aromatic N) is 3. The van der Waals surface area contributed by atoms with E-state index in [-0.39, 0.29) is 0 Å². The zero-order valence-corrected chi connectivity index (χ0v) is 10.7. The topological polar surface area (TPSA) is 49.2 Å². The van der Waals surface area contributed by atoms with Crippen molar-refractivity contribution < 1.29 is 5.11 Å². The normalized spacial score (nSPS) is 17.8. The molecule has 1 aliphatic heterocycles. The second kappa shape index (κ2) is 3.92. The van der Waals surface area contributed by atoms with E-state index in [9.17, 15) is 5.11 Å². The van der Waals surface area contributed by atoms with Crippen LogP contribution in [0.5, 0.6) is 0 Å². The molecule has 1 fully saturated rings. The van der Waals surface area contributed by atoms with Crippen molar-refractivity contribution in [3.63, 3.8) is 0 Å². The minimum atomic E-state index is -0.548. The van der Waals surface area contributed by atoms with Gasteiger partial charge < -0.3 is 10.0 Å². The van der Waals surface area contributed by atoms with E-state index in [2.05, 4.69) is 27.2 Å². The molecule has 0 spiro atoms. The number of benzene rings is 1. The van der Waals surface area contributed by atoms with E-state index in [1.54, 1.807) is 0 Å². The number of hydrogen-bond donors (Lipinski definition) is 1. The molecule has 1 saturated heterocycles. The third-order valence-electron chi connectivity index (χ3n) is 3.78. The molecular formula is C14H17N3O. The van der Waals surface area contributed by atoms with Crippen molar-refractivity contribution in [2.75, 3.05) is 18.0 Å². The van der Waals surface area contributed by atoms with Gasteiger partial charge in [-0.3, -0.25) is 0 Å². The van der Waals surface area contributed by atoms with Crippen LogP contribution < -0.4 is 4.90 Å². The molecule has 0 aliphatic carbocycles. The van der Waals surface area contributed by atoms with Crippen molar-refractivity contribution in [3.8, 4) is 0 Å². The molecule has 0 amide bonds. The molecule has 2 heterocycles. The first-order valence-corrected chi connectivity index (χ1v) is 6.32. The van der Waals surface area contributed by atoms with Crippen LogP contribution in [-0.2, 0) is 0 Å². The van der Waals surface area contributed by atoms with Crippen molar-refractivity contribution in [1.82, 2.24) is 10.2 Å². The maximum absolute atomic E-state index is 10.1. The number of hydrogen-bond acceptors (Lipinski definition) is 4. The van der Waals surface area contributed by atoms with Gasteiger partial charge in [0.05, 0.1) is 24.4 Å². The minimum Gasteiger partial charge on any atom is -0.386 e. The van der Waals surface area contributed by atoms with Gasteiger partial charge in [-0.25, -0.2) is 0 Å². The summed E-state index contributed by atoms with van der Waals surface area (Å²) < 4.78 is 0. The lowest BCUT2D eigenvalue weighted by atomic mass is 9.91. The minimum absolute atomic E-state index is 0.548. The number of anilines is 1. The van der Waals surface area contributed by atoms with Crippen LogP contribution in [0.3, 0.4) is 0 Å². The van der Waals surface area contributed by atoms with Crippen LogP contribution in [0.4, 0.5) is 5.82 Å². The van der Waals surface area contributed by atoms with Crippen molar-refractivity contribution in [2.45, 2.75) is 25.9 Å². The van der Waals surface area contributed by atoms with Crippen molar-refractivity contribution in [2.24, 2.45) is 0 Å². The van der Waals surface area contributed by atoms with Crippen molar-refractivity contribution >= 4 is 16.6 Å². The summed E-state index contributed by atoms with van der Waals surface area (Å²) in [4.78, 5) is 2.10. The Bertz CT molecular complexity index is 591. The smallest absolute Gasteiger partial charge is 0.159 e. The molecule has 1 aliphatic rings. The summed E-state index contributed by atoms with van der Waals surface area (Å²) in [5, 5.41) is 20.8. The van der Waals surface area contributed by atoms with Gasteiger partial charge >= 0.3 is 0 Å². The Labute approximate surface area is 106 Å². The summed E-state index contributed by atoms with van der Waals surface area (Å²) in [5.74, 6) is 0.884. The monoisotopic (exact) mass is 243 g/mol. The first kappa shape index (κ1) is 11.4. The van der Waals surface area contributed by atoms with E-state index in [0.717, 1.165) is 28.7 Å².